The number of rotatable bonds is 5. The number of imidazole rings is 1. The number of nitrogens with zero attached hydrogens (tertiary/aromatic N) is 4. The quantitative estimate of drug-likeness (QED) is 0.275. The lowest BCUT2D eigenvalue weighted by atomic mass is 10.1. The summed E-state index contributed by atoms with van der Waals surface area (Å²) in [4.78, 5) is 5.06. The van der Waals surface area contributed by atoms with Crippen LogP contribution in [0.5, 0.6) is 0 Å². The molecule has 0 atom stereocenters. The Kier molecular flexibility index (Phi) is 6.26. The van der Waals surface area contributed by atoms with Gasteiger partial charge in [-0.15, -0.1) is 10.2 Å². The fourth-order valence-electron chi connectivity index (χ4n) is 4.34. The summed E-state index contributed by atoms with van der Waals surface area (Å²) in [5.74, 6) is 1.27. The number of halogens is 3. The van der Waals surface area contributed by atoms with Crippen LogP contribution in [0.2, 0.25) is 15.1 Å². The molecule has 1 fully saturated rings. The van der Waals surface area contributed by atoms with Gasteiger partial charge in [0.05, 0.1) is 10.7 Å². The van der Waals surface area contributed by atoms with E-state index in [1.807, 2.05) is 36.4 Å². The zero-order valence-corrected chi connectivity index (χ0v) is 20.6. The van der Waals surface area contributed by atoms with Gasteiger partial charge < -0.3 is 0 Å². The van der Waals surface area contributed by atoms with Gasteiger partial charge >= 0.3 is 0 Å². The molecule has 2 heterocycles. The van der Waals surface area contributed by atoms with Crippen molar-refractivity contribution in [1.82, 2.24) is 19.7 Å². The molecule has 164 valence electrons. The van der Waals surface area contributed by atoms with Crippen LogP contribution in [0.1, 0.15) is 49.2 Å². The third-order valence-electron chi connectivity index (χ3n) is 5.91. The van der Waals surface area contributed by atoms with E-state index in [0.29, 0.717) is 21.0 Å². The maximum absolute atomic E-state index is 6.61. The highest BCUT2D eigenvalue weighted by molar-refractivity contribution is 7.14. The molecule has 4 aromatic rings. The molecule has 0 amide bonds. The van der Waals surface area contributed by atoms with Crippen molar-refractivity contribution in [3.8, 4) is 27.8 Å². The van der Waals surface area contributed by atoms with E-state index >= 15 is 0 Å². The Morgan fingerprint density at radius 1 is 0.969 bits per heavy atom. The maximum atomic E-state index is 6.61. The highest BCUT2D eigenvalue weighted by Crippen LogP contribution is 2.40. The molecule has 32 heavy (non-hydrogen) atoms. The van der Waals surface area contributed by atoms with Crippen LogP contribution in [0.25, 0.3) is 27.8 Å². The average Bonchev–Trinajstić information content (AvgIpc) is 3.53. The molecule has 0 N–H and O–H groups in total. The van der Waals surface area contributed by atoms with Gasteiger partial charge in [-0.25, -0.2) is 4.98 Å². The van der Waals surface area contributed by atoms with Crippen LogP contribution in [0.4, 0.5) is 0 Å². The molecule has 0 saturated heterocycles. The largest absolute Gasteiger partial charge is 0.296 e. The number of aromatic nitrogens is 4. The molecule has 0 bridgehead atoms. The van der Waals surface area contributed by atoms with Crippen molar-refractivity contribution in [3.05, 3.63) is 68.2 Å². The molecule has 1 saturated carbocycles. The van der Waals surface area contributed by atoms with Crippen molar-refractivity contribution in [1.29, 1.82) is 0 Å². The van der Waals surface area contributed by atoms with Gasteiger partial charge in [0.15, 0.2) is 5.01 Å². The van der Waals surface area contributed by atoms with Crippen LogP contribution in [-0.2, 0) is 6.42 Å². The summed E-state index contributed by atoms with van der Waals surface area (Å²) < 4.78 is 2.14. The van der Waals surface area contributed by atoms with E-state index in [4.69, 9.17) is 39.8 Å². The first kappa shape index (κ1) is 21.9. The molecule has 2 aromatic carbocycles. The Morgan fingerprint density at radius 3 is 2.38 bits per heavy atom. The van der Waals surface area contributed by atoms with Crippen LogP contribution in [0, 0.1) is 0 Å². The predicted molar refractivity (Wildman–Crippen MR) is 134 cm³/mol. The van der Waals surface area contributed by atoms with Crippen LogP contribution < -0.4 is 0 Å². The number of hydrogen-bond acceptors (Lipinski definition) is 4. The second-order valence-corrected chi connectivity index (χ2v) is 10.2. The average molecular weight is 504 g/mol. The maximum Gasteiger partial charge on any atom is 0.168 e. The van der Waals surface area contributed by atoms with Crippen molar-refractivity contribution in [2.45, 2.75) is 44.9 Å². The van der Waals surface area contributed by atoms with Crippen LogP contribution in [-0.4, -0.2) is 19.7 Å². The second kappa shape index (κ2) is 9.14. The first-order valence-electron chi connectivity index (χ1n) is 10.7. The van der Waals surface area contributed by atoms with E-state index in [1.54, 1.807) is 17.4 Å². The Morgan fingerprint density at radius 2 is 1.69 bits per heavy atom. The van der Waals surface area contributed by atoms with Crippen molar-refractivity contribution >= 4 is 46.1 Å². The Hall–Kier alpha value is -1.92. The van der Waals surface area contributed by atoms with Crippen molar-refractivity contribution in [3.63, 3.8) is 0 Å². The molecule has 0 spiro atoms. The summed E-state index contributed by atoms with van der Waals surface area (Å²) in [5, 5.41) is 12.9. The molecular weight excluding hydrogens is 483 g/mol. The Labute approximate surface area is 206 Å². The molecule has 0 aliphatic heterocycles. The first-order valence-corrected chi connectivity index (χ1v) is 12.7. The van der Waals surface area contributed by atoms with Gasteiger partial charge in [0.2, 0.25) is 0 Å². The SMILES string of the molecule is CCc1c(-c2nnc(C3CCCC3)s2)nc(-c2ccc(Cl)cc2Cl)n1-c1ccc(Cl)cc1. The smallest absolute Gasteiger partial charge is 0.168 e. The van der Waals surface area contributed by atoms with Gasteiger partial charge in [-0.1, -0.05) is 65.9 Å². The first-order chi connectivity index (χ1) is 15.5. The molecule has 5 rings (SSSR count). The van der Waals surface area contributed by atoms with E-state index in [9.17, 15) is 0 Å². The van der Waals surface area contributed by atoms with Gasteiger partial charge in [-0.2, -0.15) is 0 Å². The minimum atomic E-state index is 0.523. The van der Waals surface area contributed by atoms with Gasteiger partial charge in [0.25, 0.3) is 0 Å². The van der Waals surface area contributed by atoms with E-state index in [2.05, 4.69) is 21.7 Å². The summed E-state index contributed by atoms with van der Waals surface area (Å²) in [6.45, 7) is 2.12. The molecule has 2 aromatic heterocycles. The van der Waals surface area contributed by atoms with E-state index in [0.717, 1.165) is 44.9 Å². The summed E-state index contributed by atoms with van der Waals surface area (Å²) in [5.41, 5.74) is 3.69. The highest BCUT2D eigenvalue weighted by Gasteiger charge is 2.26. The normalized spacial score (nSPS) is 14.4. The summed E-state index contributed by atoms with van der Waals surface area (Å²) in [6, 6.07) is 13.2. The van der Waals surface area contributed by atoms with Crippen LogP contribution in [0.3, 0.4) is 0 Å². The van der Waals surface area contributed by atoms with Crippen molar-refractivity contribution < 1.29 is 0 Å². The molecule has 4 nitrogen and oxygen atoms in total. The summed E-state index contributed by atoms with van der Waals surface area (Å²) in [7, 11) is 0. The monoisotopic (exact) mass is 502 g/mol. The van der Waals surface area contributed by atoms with E-state index in [1.165, 1.54) is 25.7 Å². The van der Waals surface area contributed by atoms with Gasteiger partial charge in [0, 0.05) is 27.2 Å². The lowest BCUT2D eigenvalue weighted by molar-refractivity contribution is 0.705. The van der Waals surface area contributed by atoms with Crippen LogP contribution >= 0.6 is 46.1 Å². The second-order valence-electron chi connectivity index (χ2n) is 7.95. The van der Waals surface area contributed by atoms with Crippen LogP contribution in [0.15, 0.2) is 42.5 Å². The minimum absolute atomic E-state index is 0.523. The topological polar surface area (TPSA) is 43.6 Å². The third kappa shape index (κ3) is 4.08. The molecule has 1 aliphatic carbocycles. The van der Waals surface area contributed by atoms with Gasteiger partial charge in [0.1, 0.15) is 16.5 Å². The number of benzene rings is 2. The lowest BCUT2D eigenvalue weighted by Gasteiger charge is -2.13. The molecule has 1 aliphatic rings. The molecule has 0 unspecified atom stereocenters. The summed E-state index contributed by atoms with van der Waals surface area (Å²) in [6.07, 6.45) is 5.70. The Balaban J connectivity index is 1.70. The fourth-order valence-corrected chi connectivity index (χ4v) is 5.98. The van der Waals surface area contributed by atoms with Gasteiger partial charge in [-0.05, 0) is 61.7 Å². The van der Waals surface area contributed by atoms with E-state index in [-0.39, 0.29) is 0 Å². The zero-order chi connectivity index (χ0) is 22.2. The van der Waals surface area contributed by atoms with Gasteiger partial charge in [-0.3, -0.25) is 4.57 Å². The predicted octanol–water partition coefficient (Wildman–Crippen LogP) is 8.24. The highest BCUT2D eigenvalue weighted by atomic mass is 35.5. The van der Waals surface area contributed by atoms with Crippen molar-refractivity contribution in [2.24, 2.45) is 0 Å². The summed E-state index contributed by atoms with van der Waals surface area (Å²) >= 11 is 20.6. The van der Waals surface area contributed by atoms with Crippen molar-refractivity contribution in [2.75, 3.05) is 0 Å². The van der Waals surface area contributed by atoms with E-state index < -0.39 is 0 Å². The minimum Gasteiger partial charge on any atom is -0.296 e. The standard InChI is InChI=1S/C24H21Cl3N4S/c1-2-20-21(24-30-29-23(32-24)14-5-3-4-6-14)28-22(18-12-9-16(26)13-19(18)27)31(20)17-10-7-15(25)8-11-17/h7-14H,2-6H2,1H3. The molecule has 0 radical (unpaired) electrons. The number of hydrogen-bond donors (Lipinski definition) is 0. The fraction of sp³-hybridized carbons (Fsp3) is 0.292. The third-order valence-corrected chi connectivity index (χ3v) is 7.80. The molecule has 8 heteroatoms. The lowest BCUT2D eigenvalue weighted by Crippen LogP contribution is -2.02. The molecular formula is C24H21Cl3N4S. The zero-order valence-electron chi connectivity index (χ0n) is 17.5. The Bertz CT molecular complexity index is 1260.